The van der Waals surface area contributed by atoms with Crippen LogP contribution in [-0.4, -0.2) is 43.7 Å². The van der Waals surface area contributed by atoms with Gasteiger partial charge >= 0.3 is 0 Å². The Hall–Kier alpha value is -0.610. The van der Waals surface area contributed by atoms with E-state index < -0.39 is 0 Å². The number of amides is 1. The standard InChI is InChI=1S/C9H21N3O/c1-8(2)10-6-7-12(4,5)11-9(3)13/h8,10H,6-7H2,1-5H3/p+1. The van der Waals surface area contributed by atoms with Crippen LogP contribution in [0.3, 0.4) is 0 Å². The van der Waals surface area contributed by atoms with Gasteiger partial charge in [-0.05, 0) is 0 Å². The molecule has 0 aliphatic rings. The number of hydrogen-bond donors (Lipinski definition) is 2. The summed E-state index contributed by atoms with van der Waals surface area (Å²) in [5.74, 6) is 0.00884. The van der Waals surface area contributed by atoms with Crippen LogP contribution in [-0.2, 0) is 4.79 Å². The molecule has 13 heavy (non-hydrogen) atoms. The van der Waals surface area contributed by atoms with E-state index in [1.54, 1.807) is 0 Å². The minimum atomic E-state index is 0.00884. The number of carbonyl (C=O) groups excluding carboxylic acids is 1. The normalized spacial score (nSPS) is 11.8. The first-order chi connectivity index (χ1) is 5.83. The predicted octanol–water partition coefficient (Wildman–Crippen LogP) is 0.112. The quantitative estimate of drug-likeness (QED) is 0.475. The molecule has 0 aromatic rings. The number of quaternary nitrogens is 1. The molecular weight excluding hydrogens is 166 g/mol. The predicted molar refractivity (Wildman–Crippen MR) is 53.9 cm³/mol. The summed E-state index contributed by atoms with van der Waals surface area (Å²) in [5.41, 5.74) is 2.85. The van der Waals surface area contributed by atoms with Crippen molar-refractivity contribution in [3.63, 3.8) is 0 Å². The second-order valence-corrected chi connectivity index (χ2v) is 4.19. The highest BCUT2D eigenvalue weighted by Gasteiger charge is 2.15. The van der Waals surface area contributed by atoms with Crippen LogP contribution in [0.4, 0.5) is 0 Å². The van der Waals surface area contributed by atoms with Gasteiger partial charge in [0.1, 0.15) is 6.54 Å². The molecular formula is C9H22N3O+. The number of carbonyl (C=O) groups is 1. The van der Waals surface area contributed by atoms with E-state index in [2.05, 4.69) is 24.6 Å². The lowest BCUT2D eigenvalue weighted by Gasteiger charge is -2.28. The molecule has 0 spiro atoms. The summed E-state index contributed by atoms with van der Waals surface area (Å²) in [4.78, 5) is 10.8. The van der Waals surface area contributed by atoms with Gasteiger partial charge in [0.15, 0.2) is 0 Å². The van der Waals surface area contributed by atoms with Crippen LogP contribution >= 0.6 is 0 Å². The summed E-state index contributed by atoms with van der Waals surface area (Å²) in [6.07, 6.45) is 0. The highest BCUT2D eigenvalue weighted by atomic mass is 16.2. The van der Waals surface area contributed by atoms with Gasteiger partial charge in [0, 0.05) is 19.5 Å². The molecule has 0 heterocycles. The number of nitrogens with one attached hydrogen (secondary N) is 2. The Kier molecular flexibility index (Phi) is 4.95. The molecule has 0 bridgehead atoms. The SMILES string of the molecule is CC(=O)N[N+](C)(C)CCNC(C)C. The number of likely N-dealkylation sites (N-methyl/N-ethyl adjacent to an activating group) is 1. The van der Waals surface area contributed by atoms with E-state index in [0.717, 1.165) is 13.1 Å². The first kappa shape index (κ1) is 12.4. The molecule has 0 aromatic heterocycles. The molecule has 0 aliphatic carbocycles. The molecule has 0 atom stereocenters. The largest absolute Gasteiger partial charge is 0.309 e. The lowest BCUT2D eigenvalue weighted by molar-refractivity contribution is -0.924. The van der Waals surface area contributed by atoms with Crippen LogP contribution in [0.15, 0.2) is 0 Å². The zero-order valence-electron chi connectivity index (χ0n) is 9.35. The Morgan fingerprint density at radius 1 is 1.38 bits per heavy atom. The first-order valence-electron chi connectivity index (χ1n) is 4.69. The summed E-state index contributed by atoms with van der Waals surface area (Å²) >= 11 is 0. The highest BCUT2D eigenvalue weighted by Crippen LogP contribution is 1.89. The van der Waals surface area contributed by atoms with E-state index in [0.29, 0.717) is 10.6 Å². The third-order valence-electron chi connectivity index (χ3n) is 1.68. The third kappa shape index (κ3) is 7.74. The van der Waals surface area contributed by atoms with E-state index in [9.17, 15) is 4.79 Å². The molecule has 0 aromatic carbocycles. The van der Waals surface area contributed by atoms with E-state index in [1.165, 1.54) is 6.92 Å². The van der Waals surface area contributed by atoms with Crippen molar-refractivity contribution in [2.45, 2.75) is 26.8 Å². The molecule has 2 N–H and O–H groups in total. The molecule has 0 fully saturated rings. The van der Waals surface area contributed by atoms with Crippen LogP contribution in [0.1, 0.15) is 20.8 Å². The highest BCUT2D eigenvalue weighted by molar-refractivity contribution is 5.71. The van der Waals surface area contributed by atoms with Crippen LogP contribution in [0.5, 0.6) is 0 Å². The number of nitrogens with zero attached hydrogens (tertiary/aromatic N) is 1. The van der Waals surface area contributed by atoms with E-state index >= 15 is 0 Å². The summed E-state index contributed by atoms with van der Waals surface area (Å²) in [7, 11) is 3.95. The molecule has 4 nitrogen and oxygen atoms in total. The average Bonchev–Trinajstić information content (AvgIpc) is 1.81. The molecule has 0 saturated carbocycles. The monoisotopic (exact) mass is 188 g/mol. The fourth-order valence-corrected chi connectivity index (χ4v) is 1.11. The van der Waals surface area contributed by atoms with Gasteiger partial charge in [-0.3, -0.25) is 4.79 Å². The molecule has 0 rings (SSSR count). The van der Waals surface area contributed by atoms with Crippen LogP contribution in [0.25, 0.3) is 0 Å². The van der Waals surface area contributed by atoms with Gasteiger partial charge in [0.2, 0.25) is 0 Å². The molecule has 0 radical (unpaired) electrons. The van der Waals surface area contributed by atoms with E-state index in [1.807, 2.05) is 14.1 Å². The zero-order chi connectivity index (χ0) is 10.5. The second kappa shape index (κ2) is 5.19. The van der Waals surface area contributed by atoms with Crippen molar-refractivity contribution in [1.82, 2.24) is 10.7 Å². The fourth-order valence-electron chi connectivity index (χ4n) is 1.11. The minimum absolute atomic E-state index is 0.00884. The van der Waals surface area contributed by atoms with Gasteiger partial charge in [0.25, 0.3) is 5.91 Å². The Morgan fingerprint density at radius 3 is 2.31 bits per heavy atom. The number of hydrogen-bond acceptors (Lipinski definition) is 2. The van der Waals surface area contributed by atoms with Crippen molar-refractivity contribution < 1.29 is 9.39 Å². The molecule has 0 aliphatic heterocycles. The topological polar surface area (TPSA) is 41.1 Å². The molecule has 1 amide bonds. The maximum absolute atomic E-state index is 10.8. The average molecular weight is 188 g/mol. The Balaban J connectivity index is 3.69. The Bertz CT molecular complexity index is 166. The van der Waals surface area contributed by atoms with Gasteiger partial charge in [-0.2, -0.15) is 0 Å². The zero-order valence-corrected chi connectivity index (χ0v) is 9.35. The van der Waals surface area contributed by atoms with Gasteiger partial charge in [-0.15, -0.1) is 0 Å². The lowest BCUT2D eigenvalue weighted by Crippen LogP contribution is -2.56. The molecule has 78 valence electrons. The third-order valence-corrected chi connectivity index (χ3v) is 1.68. The van der Waals surface area contributed by atoms with Crippen molar-refractivity contribution in [1.29, 1.82) is 0 Å². The smallest absolute Gasteiger partial charge is 0.261 e. The van der Waals surface area contributed by atoms with Gasteiger partial charge in [-0.25, -0.2) is 10.0 Å². The Morgan fingerprint density at radius 2 is 1.92 bits per heavy atom. The second-order valence-electron chi connectivity index (χ2n) is 4.19. The summed E-state index contributed by atoms with van der Waals surface area (Å²) in [6, 6.07) is 0.498. The number of rotatable bonds is 5. The van der Waals surface area contributed by atoms with Crippen molar-refractivity contribution in [3.8, 4) is 0 Å². The maximum Gasteiger partial charge on any atom is 0.261 e. The minimum Gasteiger partial charge on any atom is -0.309 e. The van der Waals surface area contributed by atoms with Crippen LogP contribution < -0.4 is 10.7 Å². The van der Waals surface area contributed by atoms with Crippen molar-refractivity contribution in [2.75, 3.05) is 27.2 Å². The van der Waals surface area contributed by atoms with Crippen molar-refractivity contribution >= 4 is 5.91 Å². The summed E-state index contributed by atoms with van der Waals surface area (Å²) in [5, 5.41) is 3.31. The van der Waals surface area contributed by atoms with E-state index in [4.69, 9.17) is 0 Å². The summed E-state index contributed by atoms with van der Waals surface area (Å²) < 4.78 is 0.523. The molecule has 0 unspecified atom stereocenters. The maximum atomic E-state index is 10.8. The summed E-state index contributed by atoms with van der Waals surface area (Å²) in [6.45, 7) is 7.55. The van der Waals surface area contributed by atoms with Crippen molar-refractivity contribution in [3.05, 3.63) is 0 Å². The van der Waals surface area contributed by atoms with Crippen molar-refractivity contribution in [2.24, 2.45) is 0 Å². The van der Waals surface area contributed by atoms with Gasteiger partial charge in [0.05, 0.1) is 14.1 Å². The Labute approximate surface area is 80.9 Å². The van der Waals surface area contributed by atoms with Gasteiger partial charge < -0.3 is 5.32 Å². The molecule has 0 saturated heterocycles. The lowest BCUT2D eigenvalue weighted by atomic mass is 10.4. The fraction of sp³-hybridized carbons (Fsp3) is 0.889. The first-order valence-corrected chi connectivity index (χ1v) is 4.69. The molecule has 4 heteroatoms. The van der Waals surface area contributed by atoms with Gasteiger partial charge in [-0.1, -0.05) is 13.8 Å². The van der Waals surface area contributed by atoms with Crippen LogP contribution in [0, 0.1) is 0 Å². The van der Waals surface area contributed by atoms with E-state index in [-0.39, 0.29) is 5.91 Å². The van der Waals surface area contributed by atoms with Crippen LogP contribution in [0.2, 0.25) is 0 Å².